The molecule has 0 radical (unpaired) electrons. The van der Waals surface area contributed by atoms with E-state index in [0.29, 0.717) is 0 Å². The van der Waals surface area contributed by atoms with E-state index in [1.54, 1.807) is 0 Å². The highest BCUT2D eigenvalue weighted by Gasteiger charge is 2.24. The summed E-state index contributed by atoms with van der Waals surface area (Å²) in [7, 11) is 0. The summed E-state index contributed by atoms with van der Waals surface area (Å²) in [4.78, 5) is 10.4. The second kappa shape index (κ2) is 1.72. The molecule has 1 heterocycles. The van der Waals surface area contributed by atoms with Gasteiger partial charge >= 0.3 is 0 Å². The topological polar surface area (TPSA) is 66.6 Å². The summed E-state index contributed by atoms with van der Waals surface area (Å²) in [6.45, 7) is 0.277. The lowest BCUT2D eigenvalue weighted by molar-refractivity contribution is -0.127. The van der Waals surface area contributed by atoms with E-state index in [4.69, 9.17) is 10.9 Å². The van der Waals surface area contributed by atoms with Crippen molar-refractivity contribution in [2.45, 2.75) is 12.5 Å². The van der Waals surface area contributed by atoms with Crippen LogP contribution in [0, 0.1) is 0 Å². The predicted molar refractivity (Wildman–Crippen MR) is 26.5 cm³/mol. The fourth-order valence-electron chi connectivity index (χ4n) is 0.712. The Morgan fingerprint density at radius 3 is 2.62 bits per heavy atom. The predicted octanol–water partition coefficient (Wildman–Crippen LogP) is -1.55. The number of rotatable bonds is 0. The highest BCUT2D eigenvalue weighted by molar-refractivity contribution is 5.78. The molecule has 0 unspecified atom stereocenters. The molecule has 0 aromatic heterocycles. The van der Waals surface area contributed by atoms with Crippen molar-refractivity contribution in [3.8, 4) is 0 Å². The molecule has 1 aliphatic rings. The maximum absolute atomic E-state index is 10.4. The minimum atomic E-state index is -0.549. The van der Waals surface area contributed by atoms with Gasteiger partial charge in [0, 0.05) is 0 Å². The van der Waals surface area contributed by atoms with Gasteiger partial charge in [0.25, 0.3) is 0 Å². The lowest BCUT2D eigenvalue weighted by Crippen LogP contribution is -2.32. The molecular weight excluding hydrogens is 108 g/mol. The summed E-state index contributed by atoms with van der Waals surface area (Å²) in [6, 6.07) is 0. The molecule has 1 saturated heterocycles. The first-order valence-corrected chi connectivity index (χ1v) is 2.43. The lowest BCUT2D eigenvalue weighted by Gasteiger charge is -2.04. The summed E-state index contributed by atoms with van der Waals surface area (Å²) in [5.41, 5.74) is 0. The van der Waals surface area contributed by atoms with E-state index in [9.17, 15) is 4.79 Å². The Morgan fingerprint density at radius 1 is 1.88 bits per heavy atom. The summed E-state index contributed by atoms with van der Waals surface area (Å²) >= 11 is 0. The summed E-state index contributed by atoms with van der Waals surface area (Å²) in [6.07, 6.45) is -0.372. The summed E-state index contributed by atoms with van der Waals surface area (Å²) in [5, 5.41) is 9.76. The quantitative estimate of drug-likeness (QED) is 0.297. The van der Waals surface area contributed by atoms with Crippen molar-refractivity contribution in [1.82, 2.24) is 5.01 Å². The third-order valence-corrected chi connectivity index (χ3v) is 1.14. The number of carbonyl (C=O) groups is 1. The molecule has 0 spiro atoms. The first-order chi connectivity index (χ1) is 3.70. The fourth-order valence-corrected chi connectivity index (χ4v) is 0.712. The molecule has 0 aliphatic carbocycles. The largest absolute Gasteiger partial charge is 0.391 e. The van der Waals surface area contributed by atoms with E-state index in [2.05, 4.69) is 0 Å². The van der Waals surface area contributed by atoms with Gasteiger partial charge in [-0.25, -0.2) is 5.84 Å². The van der Waals surface area contributed by atoms with Crippen LogP contribution in [0.2, 0.25) is 0 Å². The Balaban J connectivity index is 2.51. The van der Waals surface area contributed by atoms with Crippen LogP contribution in [0.3, 0.4) is 0 Å². The maximum atomic E-state index is 10.4. The second-order valence-electron chi connectivity index (χ2n) is 1.90. The van der Waals surface area contributed by atoms with Crippen molar-refractivity contribution >= 4 is 5.91 Å². The van der Waals surface area contributed by atoms with Crippen LogP contribution in [0.1, 0.15) is 6.42 Å². The van der Waals surface area contributed by atoms with E-state index < -0.39 is 6.10 Å². The van der Waals surface area contributed by atoms with E-state index in [-0.39, 0.29) is 18.9 Å². The van der Waals surface area contributed by atoms with Crippen molar-refractivity contribution < 1.29 is 9.90 Å². The molecule has 46 valence electrons. The van der Waals surface area contributed by atoms with E-state index >= 15 is 0 Å². The molecule has 1 aliphatic heterocycles. The molecule has 8 heavy (non-hydrogen) atoms. The van der Waals surface area contributed by atoms with Crippen molar-refractivity contribution in [1.29, 1.82) is 0 Å². The summed E-state index contributed by atoms with van der Waals surface area (Å²) < 4.78 is 0. The molecule has 1 fully saturated rings. The van der Waals surface area contributed by atoms with E-state index in [1.165, 1.54) is 0 Å². The normalized spacial score (nSPS) is 29.5. The maximum Gasteiger partial charge on any atom is 0.239 e. The minimum absolute atomic E-state index is 0.177. The van der Waals surface area contributed by atoms with Gasteiger partial charge in [-0.1, -0.05) is 0 Å². The Labute approximate surface area is 46.9 Å². The van der Waals surface area contributed by atoms with Crippen LogP contribution < -0.4 is 5.84 Å². The molecule has 1 rings (SSSR count). The third kappa shape index (κ3) is 0.801. The third-order valence-electron chi connectivity index (χ3n) is 1.14. The molecule has 0 saturated carbocycles. The van der Waals surface area contributed by atoms with Crippen molar-refractivity contribution in [2.75, 3.05) is 6.54 Å². The highest BCUT2D eigenvalue weighted by atomic mass is 16.3. The molecule has 4 nitrogen and oxygen atoms in total. The van der Waals surface area contributed by atoms with Crippen molar-refractivity contribution in [3.05, 3.63) is 0 Å². The van der Waals surface area contributed by atoms with Gasteiger partial charge in [0.1, 0.15) is 0 Å². The van der Waals surface area contributed by atoms with Crippen molar-refractivity contribution in [3.63, 3.8) is 0 Å². The van der Waals surface area contributed by atoms with Crippen LogP contribution in [0.25, 0.3) is 0 Å². The van der Waals surface area contributed by atoms with Crippen molar-refractivity contribution in [2.24, 2.45) is 5.84 Å². The highest BCUT2D eigenvalue weighted by Crippen LogP contribution is 2.04. The molecule has 3 N–H and O–H groups in total. The molecule has 4 heteroatoms. The average Bonchev–Trinajstić information content (AvgIpc) is 1.85. The van der Waals surface area contributed by atoms with Gasteiger partial charge in [0.05, 0.1) is 19.1 Å². The van der Waals surface area contributed by atoms with Crippen LogP contribution >= 0.6 is 0 Å². The Hall–Kier alpha value is -0.610. The minimum Gasteiger partial charge on any atom is -0.391 e. The van der Waals surface area contributed by atoms with Gasteiger partial charge in [-0.3, -0.25) is 9.80 Å². The fraction of sp³-hybridized carbons (Fsp3) is 0.750. The van der Waals surface area contributed by atoms with Gasteiger partial charge in [-0.15, -0.1) is 0 Å². The van der Waals surface area contributed by atoms with Gasteiger partial charge in [-0.05, 0) is 0 Å². The summed E-state index contributed by atoms with van der Waals surface area (Å²) in [5.74, 6) is 4.91. The number of hydrazine groups is 1. The van der Waals surface area contributed by atoms with E-state index in [0.717, 1.165) is 5.01 Å². The number of aliphatic hydroxyl groups is 1. The van der Waals surface area contributed by atoms with Gasteiger partial charge < -0.3 is 5.11 Å². The lowest BCUT2D eigenvalue weighted by atomic mass is 10.3. The van der Waals surface area contributed by atoms with Gasteiger partial charge in [0.15, 0.2) is 0 Å². The van der Waals surface area contributed by atoms with Gasteiger partial charge in [0.2, 0.25) is 5.91 Å². The zero-order valence-corrected chi connectivity index (χ0v) is 4.37. The number of hydrogen-bond acceptors (Lipinski definition) is 3. The molecule has 0 aromatic rings. The van der Waals surface area contributed by atoms with Crippen LogP contribution in [0.5, 0.6) is 0 Å². The Kier molecular flexibility index (Phi) is 1.19. The van der Waals surface area contributed by atoms with Crippen LogP contribution in [0.15, 0.2) is 0 Å². The number of aliphatic hydroxyl groups excluding tert-OH is 1. The smallest absolute Gasteiger partial charge is 0.239 e. The standard InChI is InChI=1S/C4H8N2O2/c5-6-2-3(7)1-4(6)8/h3,7H,1-2,5H2/t3-/m0/s1. The van der Waals surface area contributed by atoms with E-state index in [1.807, 2.05) is 0 Å². The van der Waals surface area contributed by atoms with Crippen LogP contribution in [-0.4, -0.2) is 28.7 Å². The number of carbonyl (C=O) groups excluding carboxylic acids is 1. The first-order valence-electron chi connectivity index (χ1n) is 2.43. The Bertz CT molecular complexity index is 115. The van der Waals surface area contributed by atoms with Crippen LogP contribution in [-0.2, 0) is 4.79 Å². The molecule has 0 aromatic carbocycles. The molecule has 1 atom stereocenters. The molecular formula is C4H8N2O2. The molecule has 0 bridgehead atoms. The molecule has 1 amide bonds. The average molecular weight is 116 g/mol. The number of nitrogens with zero attached hydrogens (tertiary/aromatic N) is 1. The SMILES string of the molecule is NN1C[C@@H](O)CC1=O. The zero-order chi connectivity index (χ0) is 6.15. The monoisotopic (exact) mass is 116 g/mol. The number of hydrogen-bond donors (Lipinski definition) is 2. The van der Waals surface area contributed by atoms with Crippen LogP contribution in [0.4, 0.5) is 0 Å². The number of nitrogens with two attached hydrogens (primary N) is 1. The number of β-amino-alcohol motifs (C(OH)–C–C–N with tert-alkyl or cyclic N) is 1. The zero-order valence-electron chi connectivity index (χ0n) is 4.37. The van der Waals surface area contributed by atoms with Gasteiger partial charge in [-0.2, -0.15) is 0 Å². The number of amides is 1. The Morgan fingerprint density at radius 2 is 2.50 bits per heavy atom. The first kappa shape index (κ1) is 5.53. The second-order valence-corrected chi connectivity index (χ2v) is 1.90.